The molecule has 0 saturated carbocycles. The average molecular weight is 441 g/mol. The summed E-state index contributed by atoms with van der Waals surface area (Å²) in [5.74, 6) is 1.83. The van der Waals surface area contributed by atoms with E-state index in [1.807, 2.05) is 37.3 Å². The molecule has 0 unspecified atom stereocenters. The number of allylic oxidation sites excluding steroid dienone is 1. The number of fused-ring (bicyclic) bond motifs is 1. The molecule has 6 heteroatoms. The highest BCUT2D eigenvalue weighted by Gasteiger charge is 2.28. The third kappa shape index (κ3) is 4.30. The maximum atomic E-state index is 12.7. The Balaban J connectivity index is 1.52. The van der Waals surface area contributed by atoms with Gasteiger partial charge in [-0.2, -0.15) is 0 Å². The summed E-state index contributed by atoms with van der Waals surface area (Å²) in [6.07, 6.45) is 1.70. The smallest absolute Gasteiger partial charge is 0.231 e. The lowest BCUT2D eigenvalue weighted by atomic mass is 10.1. The van der Waals surface area contributed by atoms with Crippen LogP contribution in [0.1, 0.15) is 28.4 Å². The summed E-state index contributed by atoms with van der Waals surface area (Å²) >= 11 is 12.0. The molecular formula is C24H18Cl2O4. The van der Waals surface area contributed by atoms with Gasteiger partial charge in [0.15, 0.2) is 5.76 Å². The van der Waals surface area contributed by atoms with E-state index >= 15 is 0 Å². The molecule has 152 valence electrons. The molecule has 0 amide bonds. The van der Waals surface area contributed by atoms with Gasteiger partial charge in [-0.05, 0) is 48.9 Å². The van der Waals surface area contributed by atoms with Crippen LogP contribution in [0.25, 0.3) is 6.08 Å². The molecule has 4 rings (SSSR count). The monoisotopic (exact) mass is 440 g/mol. The molecule has 0 fully saturated rings. The molecule has 0 saturated heterocycles. The van der Waals surface area contributed by atoms with Crippen LogP contribution in [0.4, 0.5) is 0 Å². The fourth-order valence-corrected chi connectivity index (χ4v) is 3.40. The first-order valence-corrected chi connectivity index (χ1v) is 10.2. The van der Waals surface area contributed by atoms with Gasteiger partial charge >= 0.3 is 0 Å². The van der Waals surface area contributed by atoms with E-state index in [0.29, 0.717) is 46.1 Å². The van der Waals surface area contributed by atoms with Gasteiger partial charge in [0.25, 0.3) is 0 Å². The molecular weight excluding hydrogens is 423 g/mol. The Morgan fingerprint density at radius 2 is 1.80 bits per heavy atom. The number of ether oxygens (including phenoxy) is 3. The Bertz CT molecular complexity index is 1140. The van der Waals surface area contributed by atoms with Gasteiger partial charge in [0.2, 0.25) is 5.78 Å². The molecule has 0 bridgehead atoms. The second-order valence-corrected chi connectivity index (χ2v) is 7.42. The number of ketones is 1. The number of hydrogen-bond donors (Lipinski definition) is 0. The number of halogens is 2. The van der Waals surface area contributed by atoms with Crippen LogP contribution in [-0.2, 0) is 6.61 Å². The van der Waals surface area contributed by atoms with E-state index in [2.05, 4.69) is 0 Å². The number of carbonyl (C=O) groups excluding carboxylic acids is 1. The maximum absolute atomic E-state index is 12.7. The Morgan fingerprint density at radius 3 is 2.60 bits per heavy atom. The Kier molecular flexibility index (Phi) is 5.98. The van der Waals surface area contributed by atoms with Crippen molar-refractivity contribution in [2.45, 2.75) is 13.5 Å². The Hall–Kier alpha value is -2.95. The van der Waals surface area contributed by atoms with Gasteiger partial charge in [-0.15, -0.1) is 0 Å². The maximum Gasteiger partial charge on any atom is 0.231 e. The summed E-state index contributed by atoms with van der Waals surface area (Å²) < 4.78 is 17.3. The average Bonchev–Trinajstić information content (AvgIpc) is 3.05. The molecule has 1 aliphatic heterocycles. The molecule has 3 aromatic rings. The van der Waals surface area contributed by atoms with Crippen LogP contribution in [0, 0.1) is 0 Å². The summed E-state index contributed by atoms with van der Waals surface area (Å²) in [5, 5.41) is 0.970. The molecule has 0 atom stereocenters. The standard InChI is InChI=1S/C24H18Cl2O4/c1-2-28-21-6-4-3-5-16(21)12-23-24(27)18-9-8-17(13-22(18)30-23)29-14-15-7-10-19(25)20(26)11-15/h3-13H,2,14H2,1H3/b23-12-. The number of Topliss-reactive ketones (excluding diaryl/α,β-unsaturated/α-hetero) is 1. The predicted octanol–water partition coefficient (Wildman–Crippen LogP) is 6.59. The van der Waals surface area contributed by atoms with E-state index < -0.39 is 0 Å². The van der Waals surface area contributed by atoms with Crippen LogP contribution in [0.15, 0.2) is 66.4 Å². The van der Waals surface area contributed by atoms with E-state index in [1.165, 1.54) is 0 Å². The summed E-state index contributed by atoms with van der Waals surface area (Å²) in [7, 11) is 0. The van der Waals surface area contributed by atoms with Gasteiger partial charge in [0, 0.05) is 11.6 Å². The van der Waals surface area contributed by atoms with Gasteiger partial charge in [-0.25, -0.2) is 0 Å². The van der Waals surface area contributed by atoms with Crippen molar-refractivity contribution in [1.29, 1.82) is 0 Å². The molecule has 3 aromatic carbocycles. The molecule has 0 radical (unpaired) electrons. The van der Waals surface area contributed by atoms with Gasteiger partial charge in [-0.3, -0.25) is 4.79 Å². The number of rotatable bonds is 6. The van der Waals surface area contributed by atoms with Crippen molar-refractivity contribution in [3.05, 3.63) is 93.2 Å². The first kappa shape index (κ1) is 20.3. The van der Waals surface area contributed by atoms with Crippen molar-refractivity contribution < 1.29 is 19.0 Å². The Labute approximate surface area is 184 Å². The van der Waals surface area contributed by atoms with Crippen molar-refractivity contribution in [3.8, 4) is 17.2 Å². The molecule has 1 aliphatic rings. The highest BCUT2D eigenvalue weighted by molar-refractivity contribution is 6.42. The van der Waals surface area contributed by atoms with Gasteiger partial charge in [0.1, 0.15) is 23.9 Å². The lowest BCUT2D eigenvalue weighted by Crippen LogP contribution is -1.99. The van der Waals surface area contributed by atoms with Crippen molar-refractivity contribution in [1.82, 2.24) is 0 Å². The summed E-state index contributed by atoms with van der Waals surface area (Å²) in [5.41, 5.74) is 2.17. The van der Waals surface area contributed by atoms with Crippen molar-refractivity contribution in [3.63, 3.8) is 0 Å². The van der Waals surface area contributed by atoms with E-state index in [1.54, 1.807) is 36.4 Å². The fraction of sp³-hybridized carbons (Fsp3) is 0.125. The second-order valence-electron chi connectivity index (χ2n) is 6.61. The number of hydrogen-bond acceptors (Lipinski definition) is 4. The highest BCUT2D eigenvalue weighted by Crippen LogP contribution is 2.36. The highest BCUT2D eigenvalue weighted by atomic mass is 35.5. The zero-order valence-electron chi connectivity index (χ0n) is 16.2. The lowest BCUT2D eigenvalue weighted by Gasteiger charge is -2.08. The molecule has 1 heterocycles. The van der Waals surface area contributed by atoms with Crippen LogP contribution >= 0.6 is 23.2 Å². The van der Waals surface area contributed by atoms with Gasteiger partial charge in [0.05, 0.1) is 22.2 Å². The topological polar surface area (TPSA) is 44.8 Å². The minimum absolute atomic E-state index is 0.174. The summed E-state index contributed by atoms with van der Waals surface area (Å²) in [4.78, 5) is 12.7. The SMILES string of the molecule is CCOc1ccccc1/C=C1\Oc2cc(OCc3ccc(Cl)c(Cl)c3)ccc2C1=O. The van der Waals surface area contributed by atoms with Crippen molar-refractivity contribution in [2.75, 3.05) is 6.61 Å². The summed E-state index contributed by atoms with van der Waals surface area (Å²) in [6.45, 7) is 2.76. The van der Waals surface area contributed by atoms with Crippen LogP contribution in [0.2, 0.25) is 10.0 Å². The third-order valence-electron chi connectivity index (χ3n) is 4.54. The van der Waals surface area contributed by atoms with Crippen molar-refractivity contribution in [2.24, 2.45) is 0 Å². The molecule has 0 aliphatic carbocycles. The van der Waals surface area contributed by atoms with E-state index in [9.17, 15) is 4.79 Å². The van der Waals surface area contributed by atoms with Crippen molar-refractivity contribution >= 4 is 35.1 Å². The van der Waals surface area contributed by atoms with E-state index in [-0.39, 0.29) is 11.5 Å². The Morgan fingerprint density at radius 1 is 0.967 bits per heavy atom. The van der Waals surface area contributed by atoms with Crippen LogP contribution in [0.5, 0.6) is 17.2 Å². The zero-order chi connectivity index (χ0) is 21.1. The van der Waals surface area contributed by atoms with Gasteiger partial charge < -0.3 is 14.2 Å². The van der Waals surface area contributed by atoms with E-state index in [4.69, 9.17) is 37.4 Å². The normalized spacial score (nSPS) is 13.8. The first-order chi connectivity index (χ1) is 14.5. The number of carbonyl (C=O) groups is 1. The molecule has 0 spiro atoms. The minimum atomic E-state index is -0.174. The number of para-hydroxylation sites is 1. The quantitative estimate of drug-likeness (QED) is 0.405. The lowest BCUT2D eigenvalue weighted by molar-refractivity contribution is 0.101. The van der Waals surface area contributed by atoms with Gasteiger partial charge in [-0.1, -0.05) is 47.5 Å². The second kappa shape index (κ2) is 8.82. The largest absolute Gasteiger partial charge is 0.493 e. The number of benzene rings is 3. The van der Waals surface area contributed by atoms with Crippen LogP contribution < -0.4 is 14.2 Å². The van der Waals surface area contributed by atoms with Crippen LogP contribution in [-0.4, -0.2) is 12.4 Å². The molecule has 0 aromatic heterocycles. The zero-order valence-corrected chi connectivity index (χ0v) is 17.7. The third-order valence-corrected chi connectivity index (χ3v) is 5.28. The predicted molar refractivity (Wildman–Crippen MR) is 118 cm³/mol. The molecule has 30 heavy (non-hydrogen) atoms. The van der Waals surface area contributed by atoms with Crippen LogP contribution in [0.3, 0.4) is 0 Å². The fourth-order valence-electron chi connectivity index (χ4n) is 3.08. The first-order valence-electron chi connectivity index (χ1n) is 9.42. The molecule has 0 N–H and O–H groups in total. The van der Waals surface area contributed by atoms with E-state index in [0.717, 1.165) is 11.1 Å². The molecule has 4 nitrogen and oxygen atoms in total. The summed E-state index contributed by atoms with van der Waals surface area (Å²) in [6, 6.07) is 18.0. The minimum Gasteiger partial charge on any atom is -0.493 e.